The molecule has 2 rings (SSSR count). The third-order valence-corrected chi connectivity index (χ3v) is 3.09. The van der Waals surface area contributed by atoms with Crippen LogP contribution in [0.25, 0.3) is 0 Å². The molecule has 0 aliphatic heterocycles. The Labute approximate surface area is 97.0 Å². The van der Waals surface area contributed by atoms with Crippen LogP contribution < -0.4 is 0 Å². The van der Waals surface area contributed by atoms with Crippen molar-refractivity contribution < 1.29 is 0 Å². The Balaban J connectivity index is 2.07. The van der Waals surface area contributed by atoms with Crippen molar-refractivity contribution in [1.29, 1.82) is 0 Å². The lowest BCUT2D eigenvalue weighted by molar-refractivity contribution is 0.731. The highest BCUT2D eigenvalue weighted by atomic mass is 15.0. The van der Waals surface area contributed by atoms with Crippen LogP contribution >= 0.6 is 0 Å². The SMILES string of the molecule is CCC(C)c1ccc(Cn2ccnc2)cc1. The predicted molar refractivity (Wildman–Crippen MR) is 66.5 cm³/mol. The van der Waals surface area contributed by atoms with E-state index in [1.165, 1.54) is 17.5 Å². The normalized spacial score (nSPS) is 12.6. The van der Waals surface area contributed by atoms with Gasteiger partial charge in [-0.25, -0.2) is 4.98 Å². The van der Waals surface area contributed by atoms with Crippen LogP contribution in [-0.4, -0.2) is 9.55 Å². The Hall–Kier alpha value is -1.57. The Morgan fingerprint density at radius 2 is 2.00 bits per heavy atom. The molecule has 1 aromatic carbocycles. The van der Waals surface area contributed by atoms with Crippen LogP contribution in [0.15, 0.2) is 43.0 Å². The molecular formula is C14H18N2. The third kappa shape index (κ3) is 2.51. The number of benzene rings is 1. The maximum Gasteiger partial charge on any atom is 0.0949 e. The van der Waals surface area contributed by atoms with Crippen molar-refractivity contribution in [2.75, 3.05) is 0 Å². The number of nitrogens with zero attached hydrogens (tertiary/aromatic N) is 2. The van der Waals surface area contributed by atoms with Crippen molar-refractivity contribution in [2.24, 2.45) is 0 Å². The van der Waals surface area contributed by atoms with Crippen molar-refractivity contribution >= 4 is 0 Å². The van der Waals surface area contributed by atoms with E-state index in [0.29, 0.717) is 5.92 Å². The molecule has 0 radical (unpaired) electrons. The first-order chi connectivity index (χ1) is 7.79. The predicted octanol–water partition coefficient (Wildman–Crippen LogP) is 3.44. The van der Waals surface area contributed by atoms with E-state index in [9.17, 15) is 0 Å². The van der Waals surface area contributed by atoms with Crippen molar-refractivity contribution in [3.8, 4) is 0 Å². The van der Waals surface area contributed by atoms with E-state index in [4.69, 9.17) is 0 Å². The number of rotatable bonds is 4. The molecule has 0 saturated heterocycles. The van der Waals surface area contributed by atoms with Gasteiger partial charge in [0.15, 0.2) is 0 Å². The van der Waals surface area contributed by atoms with E-state index in [-0.39, 0.29) is 0 Å². The van der Waals surface area contributed by atoms with Crippen LogP contribution in [0.3, 0.4) is 0 Å². The topological polar surface area (TPSA) is 17.8 Å². The molecule has 0 saturated carbocycles. The van der Waals surface area contributed by atoms with Crippen LogP contribution in [0.4, 0.5) is 0 Å². The second-order valence-electron chi connectivity index (χ2n) is 4.29. The van der Waals surface area contributed by atoms with E-state index in [0.717, 1.165) is 6.54 Å². The van der Waals surface area contributed by atoms with Gasteiger partial charge in [-0.1, -0.05) is 38.1 Å². The fraction of sp³-hybridized carbons (Fsp3) is 0.357. The van der Waals surface area contributed by atoms with Gasteiger partial charge in [-0.15, -0.1) is 0 Å². The molecule has 2 nitrogen and oxygen atoms in total. The number of aromatic nitrogens is 2. The van der Waals surface area contributed by atoms with Gasteiger partial charge in [0.1, 0.15) is 0 Å². The lowest BCUT2D eigenvalue weighted by Crippen LogP contribution is -1.97. The highest BCUT2D eigenvalue weighted by Crippen LogP contribution is 2.18. The quantitative estimate of drug-likeness (QED) is 0.762. The first-order valence-electron chi connectivity index (χ1n) is 5.84. The standard InChI is InChI=1S/C14H18N2/c1-3-12(2)14-6-4-13(5-7-14)10-16-9-8-15-11-16/h4-9,11-12H,3,10H2,1-2H3. The van der Waals surface area contributed by atoms with Crippen LogP contribution in [0.5, 0.6) is 0 Å². The summed E-state index contributed by atoms with van der Waals surface area (Å²) in [6.45, 7) is 5.40. The van der Waals surface area contributed by atoms with Crippen molar-refractivity contribution in [3.05, 3.63) is 54.1 Å². The maximum absolute atomic E-state index is 4.04. The van der Waals surface area contributed by atoms with Gasteiger partial charge in [-0.2, -0.15) is 0 Å². The van der Waals surface area contributed by atoms with E-state index in [2.05, 4.69) is 47.7 Å². The minimum atomic E-state index is 0.655. The largest absolute Gasteiger partial charge is 0.333 e. The lowest BCUT2D eigenvalue weighted by Gasteiger charge is -2.09. The number of hydrogen-bond acceptors (Lipinski definition) is 1. The molecule has 0 N–H and O–H groups in total. The molecule has 0 aliphatic rings. The van der Waals surface area contributed by atoms with E-state index in [1.807, 2.05) is 18.7 Å². The molecule has 1 heterocycles. The van der Waals surface area contributed by atoms with Crippen molar-refractivity contribution in [3.63, 3.8) is 0 Å². The van der Waals surface area contributed by atoms with Crippen LogP contribution in [0, 0.1) is 0 Å². The number of imidazole rings is 1. The van der Waals surface area contributed by atoms with E-state index >= 15 is 0 Å². The molecule has 84 valence electrons. The lowest BCUT2D eigenvalue weighted by atomic mass is 9.98. The van der Waals surface area contributed by atoms with E-state index < -0.39 is 0 Å². The molecule has 0 fully saturated rings. The van der Waals surface area contributed by atoms with E-state index in [1.54, 1.807) is 0 Å². The monoisotopic (exact) mass is 214 g/mol. The van der Waals surface area contributed by atoms with Crippen LogP contribution in [0.2, 0.25) is 0 Å². The summed E-state index contributed by atoms with van der Waals surface area (Å²) in [7, 11) is 0. The highest BCUT2D eigenvalue weighted by Gasteiger charge is 2.02. The van der Waals surface area contributed by atoms with Gasteiger partial charge in [0.25, 0.3) is 0 Å². The Kier molecular flexibility index (Phi) is 3.40. The Bertz CT molecular complexity index is 415. The maximum atomic E-state index is 4.04. The van der Waals surface area contributed by atoms with Gasteiger partial charge in [-0.05, 0) is 23.5 Å². The average Bonchev–Trinajstić information content (AvgIpc) is 2.82. The Morgan fingerprint density at radius 3 is 2.56 bits per heavy atom. The minimum absolute atomic E-state index is 0.655. The second kappa shape index (κ2) is 4.97. The zero-order chi connectivity index (χ0) is 11.4. The summed E-state index contributed by atoms with van der Waals surface area (Å²) in [6, 6.07) is 8.89. The summed E-state index contributed by atoms with van der Waals surface area (Å²) in [5.74, 6) is 0.655. The molecule has 1 unspecified atom stereocenters. The van der Waals surface area contributed by atoms with Gasteiger partial charge in [0, 0.05) is 18.9 Å². The molecule has 16 heavy (non-hydrogen) atoms. The summed E-state index contributed by atoms with van der Waals surface area (Å²) in [6.07, 6.45) is 6.85. The molecule has 2 heteroatoms. The fourth-order valence-corrected chi connectivity index (χ4v) is 1.78. The summed E-state index contributed by atoms with van der Waals surface area (Å²) in [5, 5.41) is 0. The van der Waals surface area contributed by atoms with Crippen LogP contribution in [-0.2, 0) is 6.54 Å². The van der Waals surface area contributed by atoms with Gasteiger partial charge < -0.3 is 4.57 Å². The zero-order valence-corrected chi connectivity index (χ0v) is 9.93. The average molecular weight is 214 g/mol. The van der Waals surface area contributed by atoms with Crippen molar-refractivity contribution in [2.45, 2.75) is 32.7 Å². The first-order valence-corrected chi connectivity index (χ1v) is 5.84. The van der Waals surface area contributed by atoms with Crippen LogP contribution in [0.1, 0.15) is 37.3 Å². The smallest absolute Gasteiger partial charge is 0.0949 e. The van der Waals surface area contributed by atoms with Gasteiger partial charge in [0.05, 0.1) is 6.33 Å². The Morgan fingerprint density at radius 1 is 1.25 bits per heavy atom. The van der Waals surface area contributed by atoms with Crippen molar-refractivity contribution in [1.82, 2.24) is 9.55 Å². The molecule has 1 aromatic heterocycles. The number of hydrogen-bond donors (Lipinski definition) is 0. The molecule has 0 aliphatic carbocycles. The summed E-state index contributed by atoms with van der Waals surface area (Å²) < 4.78 is 2.08. The van der Waals surface area contributed by atoms with Gasteiger partial charge in [-0.3, -0.25) is 0 Å². The fourth-order valence-electron chi connectivity index (χ4n) is 1.78. The first kappa shape index (κ1) is 10.9. The van der Waals surface area contributed by atoms with Gasteiger partial charge >= 0.3 is 0 Å². The third-order valence-electron chi connectivity index (χ3n) is 3.09. The minimum Gasteiger partial charge on any atom is -0.333 e. The molecule has 0 bridgehead atoms. The molecule has 0 spiro atoms. The summed E-state index contributed by atoms with van der Waals surface area (Å²) in [5.41, 5.74) is 2.75. The van der Waals surface area contributed by atoms with Gasteiger partial charge in [0.2, 0.25) is 0 Å². The molecule has 0 amide bonds. The molecular weight excluding hydrogens is 196 g/mol. The molecule has 2 aromatic rings. The second-order valence-corrected chi connectivity index (χ2v) is 4.29. The zero-order valence-electron chi connectivity index (χ0n) is 9.93. The summed E-state index contributed by atoms with van der Waals surface area (Å²) in [4.78, 5) is 4.04. The highest BCUT2D eigenvalue weighted by molar-refractivity contribution is 5.25. The summed E-state index contributed by atoms with van der Waals surface area (Å²) >= 11 is 0. The molecule has 1 atom stereocenters.